The smallest absolute Gasteiger partial charge is 0.224 e. The molecule has 0 bridgehead atoms. The summed E-state index contributed by atoms with van der Waals surface area (Å²) in [6.07, 6.45) is 4.55. The van der Waals surface area contributed by atoms with Gasteiger partial charge in [0.1, 0.15) is 0 Å². The standard InChI is InChI=1S/C12H24N2O3S/c1-4-11(5-2)13-12(15)10-7-6-8-14(9-10)18(3,16)17/h10-11H,4-9H2,1-3H3,(H,13,15). The Balaban J connectivity index is 2.58. The third-order valence-electron chi connectivity index (χ3n) is 3.56. The first-order valence-electron chi connectivity index (χ1n) is 6.64. The van der Waals surface area contributed by atoms with Crippen molar-refractivity contribution >= 4 is 15.9 Å². The zero-order chi connectivity index (χ0) is 13.8. The molecule has 0 radical (unpaired) electrons. The van der Waals surface area contributed by atoms with Crippen LogP contribution in [0.3, 0.4) is 0 Å². The maximum absolute atomic E-state index is 12.1. The number of sulfonamides is 1. The van der Waals surface area contributed by atoms with Crippen molar-refractivity contribution in [3.63, 3.8) is 0 Å². The number of hydrogen-bond acceptors (Lipinski definition) is 3. The van der Waals surface area contributed by atoms with Gasteiger partial charge in [0.2, 0.25) is 15.9 Å². The maximum atomic E-state index is 12.1. The number of rotatable bonds is 5. The summed E-state index contributed by atoms with van der Waals surface area (Å²) in [7, 11) is -3.18. The molecular formula is C12H24N2O3S. The third-order valence-corrected chi connectivity index (χ3v) is 4.83. The maximum Gasteiger partial charge on any atom is 0.224 e. The Kier molecular flexibility index (Phi) is 5.59. The van der Waals surface area contributed by atoms with Gasteiger partial charge in [-0.15, -0.1) is 0 Å². The van der Waals surface area contributed by atoms with Crippen molar-refractivity contribution in [2.45, 2.75) is 45.6 Å². The molecule has 0 spiro atoms. The van der Waals surface area contributed by atoms with Gasteiger partial charge in [-0.1, -0.05) is 13.8 Å². The molecule has 18 heavy (non-hydrogen) atoms. The molecule has 1 saturated heterocycles. The number of piperidine rings is 1. The molecule has 1 heterocycles. The van der Waals surface area contributed by atoms with Gasteiger partial charge in [-0.3, -0.25) is 4.79 Å². The van der Waals surface area contributed by atoms with Gasteiger partial charge in [-0.05, 0) is 25.7 Å². The van der Waals surface area contributed by atoms with Crippen LogP contribution in [0.4, 0.5) is 0 Å². The van der Waals surface area contributed by atoms with Crippen LogP contribution < -0.4 is 5.32 Å². The number of amides is 1. The minimum Gasteiger partial charge on any atom is -0.353 e. The predicted octanol–water partition coefficient (Wildman–Crippen LogP) is 0.963. The van der Waals surface area contributed by atoms with Gasteiger partial charge in [-0.2, -0.15) is 0 Å². The largest absolute Gasteiger partial charge is 0.353 e. The van der Waals surface area contributed by atoms with E-state index in [-0.39, 0.29) is 17.9 Å². The second kappa shape index (κ2) is 6.52. The predicted molar refractivity (Wildman–Crippen MR) is 71.7 cm³/mol. The van der Waals surface area contributed by atoms with E-state index >= 15 is 0 Å². The van der Waals surface area contributed by atoms with Crippen molar-refractivity contribution in [3.8, 4) is 0 Å². The average Bonchev–Trinajstić information content (AvgIpc) is 2.34. The topological polar surface area (TPSA) is 66.5 Å². The Bertz CT molecular complexity index is 377. The molecule has 0 aliphatic carbocycles. The monoisotopic (exact) mass is 276 g/mol. The van der Waals surface area contributed by atoms with Crippen molar-refractivity contribution in [1.29, 1.82) is 0 Å². The Hall–Kier alpha value is -0.620. The van der Waals surface area contributed by atoms with Gasteiger partial charge < -0.3 is 5.32 Å². The van der Waals surface area contributed by atoms with Crippen LogP contribution in [0.15, 0.2) is 0 Å². The molecule has 1 rings (SSSR count). The summed E-state index contributed by atoms with van der Waals surface area (Å²) in [6, 6.07) is 0.200. The highest BCUT2D eigenvalue weighted by molar-refractivity contribution is 7.88. The van der Waals surface area contributed by atoms with E-state index in [1.54, 1.807) is 0 Å². The summed E-state index contributed by atoms with van der Waals surface area (Å²) in [5, 5.41) is 3.00. The van der Waals surface area contributed by atoms with E-state index in [0.717, 1.165) is 25.7 Å². The minimum atomic E-state index is -3.18. The zero-order valence-corrected chi connectivity index (χ0v) is 12.3. The van der Waals surface area contributed by atoms with E-state index in [4.69, 9.17) is 0 Å². The SMILES string of the molecule is CCC(CC)NC(=O)C1CCCN(S(C)(=O)=O)C1. The fourth-order valence-corrected chi connectivity index (χ4v) is 3.18. The Labute approximate surface area is 110 Å². The summed E-state index contributed by atoms with van der Waals surface area (Å²) >= 11 is 0. The number of hydrogen-bond donors (Lipinski definition) is 1. The van der Waals surface area contributed by atoms with Gasteiger partial charge in [0.25, 0.3) is 0 Å². The van der Waals surface area contributed by atoms with Crippen molar-refractivity contribution in [1.82, 2.24) is 9.62 Å². The van der Waals surface area contributed by atoms with Crippen LogP contribution in [0.2, 0.25) is 0 Å². The van der Waals surface area contributed by atoms with Gasteiger partial charge in [0.15, 0.2) is 0 Å². The highest BCUT2D eigenvalue weighted by Crippen LogP contribution is 2.19. The lowest BCUT2D eigenvalue weighted by Gasteiger charge is -2.31. The van der Waals surface area contributed by atoms with Crippen molar-refractivity contribution < 1.29 is 13.2 Å². The second-order valence-corrected chi connectivity index (χ2v) is 6.96. The van der Waals surface area contributed by atoms with Crippen LogP contribution in [-0.4, -0.2) is 44.0 Å². The molecule has 0 aromatic carbocycles. The molecule has 1 atom stereocenters. The van der Waals surface area contributed by atoms with Crippen molar-refractivity contribution in [2.24, 2.45) is 5.92 Å². The third kappa shape index (κ3) is 4.24. The van der Waals surface area contributed by atoms with Gasteiger partial charge in [0.05, 0.1) is 12.2 Å². The summed E-state index contributed by atoms with van der Waals surface area (Å²) in [5.41, 5.74) is 0. The highest BCUT2D eigenvalue weighted by atomic mass is 32.2. The molecule has 1 amide bonds. The number of nitrogens with one attached hydrogen (secondary N) is 1. The lowest BCUT2D eigenvalue weighted by molar-refractivity contribution is -0.126. The normalized spacial score (nSPS) is 22.1. The van der Waals surface area contributed by atoms with Gasteiger partial charge >= 0.3 is 0 Å². The molecule has 1 unspecified atom stereocenters. The van der Waals surface area contributed by atoms with Crippen LogP contribution >= 0.6 is 0 Å². The quantitative estimate of drug-likeness (QED) is 0.813. The lowest BCUT2D eigenvalue weighted by atomic mass is 9.98. The summed E-state index contributed by atoms with van der Waals surface area (Å²) in [6.45, 7) is 4.94. The Morgan fingerprint density at radius 1 is 1.39 bits per heavy atom. The summed E-state index contributed by atoms with van der Waals surface area (Å²) in [4.78, 5) is 12.1. The fourth-order valence-electron chi connectivity index (χ4n) is 2.27. The van der Waals surface area contributed by atoms with Crippen LogP contribution in [0.25, 0.3) is 0 Å². The number of nitrogens with zero attached hydrogens (tertiary/aromatic N) is 1. The zero-order valence-electron chi connectivity index (χ0n) is 11.5. The van der Waals surface area contributed by atoms with Gasteiger partial charge in [-0.25, -0.2) is 12.7 Å². The molecular weight excluding hydrogens is 252 g/mol. The lowest BCUT2D eigenvalue weighted by Crippen LogP contribution is -2.47. The van der Waals surface area contributed by atoms with Crippen molar-refractivity contribution in [3.05, 3.63) is 0 Å². The first-order chi connectivity index (χ1) is 8.38. The number of carbonyl (C=O) groups is 1. The van der Waals surface area contributed by atoms with E-state index < -0.39 is 10.0 Å². The van der Waals surface area contributed by atoms with E-state index in [2.05, 4.69) is 5.32 Å². The van der Waals surface area contributed by atoms with Crippen LogP contribution in [0.1, 0.15) is 39.5 Å². The van der Waals surface area contributed by atoms with E-state index in [1.807, 2.05) is 13.8 Å². The average molecular weight is 276 g/mol. The molecule has 6 heteroatoms. The van der Waals surface area contributed by atoms with E-state index in [9.17, 15) is 13.2 Å². The molecule has 0 aromatic heterocycles. The van der Waals surface area contributed by atoms with Crippen LogP contribution in [0.5, 0.6) is 0 Å². The molecule has 5 nitrogen and oxygen atoms in total. The molecule has 0 saturated carbocycles. The van der Waals surface area contributed by atoms with Crippen molar-refractivity contribution in [2.75, 3.05) is 19.3 Å². The number of carbonyl (C=O) groups excluding carboxylic acids is 1. The fraction of sp³-hybridized carbons (Fsp3) is 0.917. The highest BCUT2D eigenvalue weighted by Gasteiger charge is 2.30. The second-order valence-electron chi connectivity index (χ2n) is 4.98. The van der Waals surface area contributed by atoms with E-state index in [0.29, 0.717) is 13.1 Å². The summed E-state index contributed by atoms with van der Waals surface area (Å²) in [5.74, 6) is -0.203. The molecule has 1 fully saturated rings. The molecule has 1 N–H and O–H groups in total. The summed E-state index contributed by atoms with van der Waals surface area (Å²) < 4.78 is 24.4. The Morgan fingerprint density at radius 2 is 2.00 bits per heavy atom. The van der Waals surface area contributed by atoms with Gasteiger partial charge in [0, 0.05) is 19.1 Å². The van der Waals surface area contributed by atoms with Crippen LogP contribution in [-0.2, 0) is 14.8 Å². The first kappa shape index (κ1) is 15.4. The molecule has 1 aliphatic heterocycles. The molecule has 106 valence electrons. The van der Waals surface area contributed by atoms with Crippen LogP contribution in [0, 0.1) is 5.92 Å². The minimum absolute atomic E-state index is 0.00273. The Morgan fingerprint density at radius 3 is 2.50 bits per heavy atom. The van der Waals surface area contributed by atoms with E-state index in [1.165, 1.54) is 10.6 Å². The molecule has 1 aliphatic rings. The first-order valence-corrected chi connectivity index (χ1v) is 8.48. The molecule has 0 aromatic rings.